The summed E-state index contributed by atoms with van der Waals surface area (Å²) in [6.07, 6.45) is -0.0579. The van der Waals surface area contributed by atoms with Gasteiger partial charge in [0.05, 0.1) is 10.6 Å². The normalized spacial score (nSPS) is 15.6. The molecule has 0 N–H and O–H groups in total. The van der Waals surface area contributed by atoms with Gasteiger partial charge in [0.25, 0.3) is 0 Å². The summed E-state index contributed by atoms with van der Waals surface area (Å²) >= 11 is 0. The Labute approximate surface area is 165 Å². The van der Waals surface area contributed by atoms with Crippen molar-refractivity contribution in [1.82, 2.24) is 9.80 Å². The second-order valence-corrected chi connectivity index (χ2v) is 9.28. The SMILES string of the molecule is Cc1cccc(CN2CCN(C(=O)CCS(=O)(=O)c3ccc(F)cc3)CC2)c1. The van der Waals surface area contributed by atoms with Crippen LogP contribution in [-0.2, 0) is 21.2 Å². The first-order valence-corrected chi connectivity index (χ1v) is 11.0. The number of hydrogen-bond acceptors (Lipinski definition) is 4. The number of benzene rings is 2. The van der Waals surface area contributed by atoms with Gasteiger partial charge >= 0.3 is 0 Å². The van der Waals surface area contributed by atoms with Gasteiger partial charge in [-0.15, -0.1) is 0 Å². The maximum Gasteiger partial charge on any atom is 0.223 e. The van der Waals surface area contributed by atoms with Crippen LogP contribution in [0.2, 0.25) is 0 Å². The minimum atomic E-state index is -3.59. The van der Waals surface area contributed by atoms with Crippen LogP contribution in [0.5, 0.6) is 0 Å². The molecule has 0 radical (unpaired) electrons. The molecule has 1 fully saturated rings. The third-order valence-electron chi connectivity index (χ3n) is 4.97. The fourth-order valence-corrected chi connectivity index (χ4v) is 4.59. The quantitative estimate of drug-likeness (QED) is 0.695. The Morgan fingerprint density at radius 3 is 2.36 bits per heavy atom. The highest BCUT2D eigenvalue weighted by molar-refractivity contribution is 7.91. The molecule has 28 heavy (non-hydrogen) atoms. The monoisotopic (exact) mass is 404 g/mol. The highest BCUT2D eigenvalue weighted by Crippen LogP contribution is 2.15. The molecule has 0 bridgehead atoms. The van der Waals surface area contributed by atoms with Crippen LogP contribution in [0.1, 0.15) is 17.5 Å². The van der Waals surface area contributed by atoms with Crippen molar-refractivity contribution in [3.05, 3.63) is 65.5 Å². The summed E-state index contributed by atoms with van der Waals surface area (Å²) in [5.41, 5.74) is 2.49. The Balaban J connectivity index is 1.48. The second-order valence-electron chi connectivity index (χ2n) is 7.17. The van der Waals surface area contributed by atoms with Crippen molar-refractivity contribution in [2.24, 2.45) is 0 Å². The molecule has 1 aliphatic heterocycles. The van der Waals surface area contributed by atoms with E-state index in [0.717, 1.165) is 31.8 Å². The van der Waals surface area contributed by atoms with E-state index in [0.29, 0.717) is 13.1 Å². The van der Waals surface area contributed by atoms with Crippen LogP contribution >= 0.6 is 0 Å². The molecule has 2 aromatic carbocycles. The maximum absolute atomic E-state index is 13.0. The van der Waals surface area contributed by atoms with Gasteiger partial charge in [0.15, 0.2) is 9.84 Å². The van der Waals surface area contributed by atoms with Crippen LogP contribution in [-0.4, -0.2) is 56.1 Å². The van der Waals surface area contributed by atoms with E-state index in [2.05, 4.69) is 30.0 Å². The predicted molar refractivity (Wildman–Crippen MR) is 106 cm³/mol. The molecule has 2 aromatic rings. The molecule has 150 valence electrons. The first kappa shape index (κ1) is 20.5. The van der Waals surface area contributed by atoms with Crippen LogP contribution in [0, 0.1) is 12.7 Å². The number of carbonyl (C=O) groups is 1. The molecule has 0 atom stereocenters. The average Bonchev–Trinajstić information content (AvgIpc) is 2.67. The Kier molecular flexibility index (Phi) is 6.46. The van der Waals surface area contributed by atoms with Gasteiger partial charge in [0.2, 0.25) is 5.91 Å². The van der Waals surface area contributed by atoms with Gasteiger partial charge in [-0.05, 0) is 36.8 Å². The van der Waals surface area contributed by atoms with Crippen LogP contribution < -0.4 is 0 Å². The van der Waals surface area contributed by atoms with Crippen molar-refractivity contribution in [3.8, 4) is 0 Å². The maximum atomic E-state index is 13.0. The van der Waals surface area contributed by atoms with E-state index in [-0.39, 0.29) is 23.0 Å². The summed E-state index contributed by atoms with van der Waals surface area (Å²) in [6.45, 7) is 5.65. The molecule has 5 nitrogen and oxygen atoms in total. The van der Waals surface area contributed by atoms with Gasteiger partial charge in [-0.1, -0.05) is 29.8 Å². The Morgan fingerprint density at radius 1 is 1.04 bits per heavy atom. The molecule has 1 amide bonds. The summed E-state index contributed by atoms with van der Waals surface area (Å²) in [5, 5.41) is 0. The minimum Gasteiger partial charge on any atom is -0.340 e. The summed E-state index contributed by atoms with van der Waals surface area (Å²) in [6, 6.07) is 13.1. The third-order valence-corrected chi connectivity index (χ3v) is 6.70. The lowest BCUT2D eigenvalue weighted by atomic mass is 10.1. The standard InChI is InChI=1S/C21H25FN2O3S/c1-17-3-2-4-18(15-17)16-23-10-12-24(13-11-23)21(25)9-14-28(26,27)20-7-5-19(22)6-8-20/h2-8,15H,9-14,16H2,1H3. The van der Waals surface area contributed by atoms with E-state index < -0.39 is 15.7 Å². The van der Waals surface area contributed by atoms with Gasteiger partial charge < -0.3 is 4.90 Å². The van der Waals surface area contributed by atoms with Crippen LogP contribution in [0.4, 0.5) is 4.39 Å². The Morgan fingerprint density at radius 2 is 1.71 bits per heavy atom. The molecule has 1 aliphatic rings. The summed E-state index contributed by atoms with van der Waals surface area (Å²) in [5.74, 6) is -0.902. The van der Waals surface area contributed by atoms with E-state index in [4.69, 9.17) is 0 Å². The fraction of sp³-hybridized carbons (Fsp3) is 0.381. The fourth-order valence-electron chi connectivity index (χ4n) is 3.36. The molecule has 3 rings (SSSR count). The van der Waals surface area contributed by atoms with Crippen molar-refractivity contribution in [1.29, 1.82) is 0 Å². The molecule has 1 heterocycles. The Bertz CT molecular complexity index is 921. The van der Waals surface area contributed by atoms with Crippen LogP contribution in [0.15, 0.2) is 53.4 Å². The van der Waals surface area contributed by atoms with Crippen LogP contribution in [0.25, 0.3) is 0 Å². The Hall–Kier alpha value is -2.25. The minimum absolute atomic E-state index is 0.0460. The van der Waals surface area contributed by atoms with Crippen LogP contribution in [0.3, 0.4) is 0 Å². The molecule has 0 saturated carbocycles. The summed E-state index contributed by atoms with van der Waals surface area (Å²) in [7, 11) is -3.59. The lowest BCUT2D eigenvalue weighted by molar-refractivity contribution is -0.132. The van der Waals surface area contributed by atoms with Crippen molar-refractivity contribution < 1.29 is 17.6 Å². The number of rotatable bonds is 6. The highest BCUT2D eigenvalue weighted by atomic mass is 32.2. The van der Waals surface area contributed by atoms with Gasteiger partial charge in [-0.3, -0.25) is 9.69 Å². The van der Waals surface area contributed by atoms with E-state index in [9.17, 15) is 17.6 Å². The smallest absolute Gasteiger partial charge is 0.223 e. The zero-order chi connectivity index (χ0) is 20.1. The van der Waals surface area contributed by atoms with E-state index >= 15 is 0 Å². The molecule has 0 aromatic heterocycles. The third kappa shape index (κ3) is 5.39. The number of halogens is 1. The molecule has 7 heteroatoms. The second kappa shape index (κ2) is 8.84. The van der Waals surface area contributed by atoms with Gasteiger partial charge in [0, 0.05) is 39.1 Å². The molecule has 0 aliphatic carbocycles. The predicted octanol–water partition coefficient (Wildman–Crippen LogP) is 2.64. The number of aryl methyl sites for hydroxylation is 1. The van der Waals surface area contributed by atoms with E-state index in [1.165, 1.54) is 23.3 Å². The highest BCUT2D eigenvalue weighted by Gasteiger charge is 2.23. The van der Waals surface area contributed by atoms with Gasteiger partial charge in [0.1, 0.15) is 5.82 Å². The zero-order valence-corrected chi connectivity index (χ0v) is 16.8. The first-order valence-electron chi connectivity index (χ1n) is 9.37. The number of piperazine rings is 1. The van der Waals surface area contributed by atoms with Crippen molar-refractivity contribution in [3.63, 3.8) is 0 Å². The number of hydrogen-bond donors (Lipinski definition) is 0. The lowest BCUT2D eigenvalue weighted by Gasteiger charge is -2.34. The van der Waals surface area contributed by atoms with E-state index in [1.807, 2.05) is 6.07 Å². The summed E-state index contributed by atoms with van der Waals surface area (Å²) in [4.78, 5) is 16.5. The first-order chi connectivity index (χ1) is 13.3. The molecule has 0 unspecified atom stereocenters. The van der Waals surface area contributed by atoms with Crippen molar-refractivity contribution in [2.75, 3.05) is 31.9 Å². The zero-order valence-electron chi connectivity index (χ0n) is 16.0. The topological polar surface area (TPSA) is 57.7 Å². The molecular formula is C21H25FN2O3S. The number of sulfone groups is 1. The summed E-state index contributed by atoms with van der Waals surface area (Å²) < 4.78 is 37.6. The molecule has 1 saturated heterocycles. The van der Waals surface area contributed by atoms with Gasteiger partial charge in [-0.2, -0.15) is 0 Å². The number of amides is 1. The largest absolute Gasteiger partial charge is 0.340 e. The van der Waals surface area contributed by atoms with Gasteiger partial charge in [-0.25, -0.2) is 12.8 Å². The molecular weight excluding hydrogens is 379 g/mol. The number of nitrogens with zero attached hydrogens (tertiary/aromatic N) is 2. The van der Waals surface area contributed by atoms with E-state index in [1.54, 1.807) is 4.90 Å². The number of carbonyl (C=O) groups excluding carboxylic acids is 1. The van der Waals surface area contributed by atoms with Crippen molar-refractivity contribution in [2.45, 2.75) is 24.8 Å². The lowest BCUT2D eigenvalue weighted by Crippen LogP contribution is -2.48. The molecule has 0 spiro atoms. The van der Waals surface area contributed by atoms with Crippen molar-refractivity contribution >= 4 is 15.7 Å². The average molecular weight is 405 g/mol.